The lowest BCUT2D eigenvalue weighted by atomic mass is 9.80. The molecule has 1 aliphatic carbocycles. The van der Waals surface area contributed by atoms with Crippen molar-refractivity contribution in [2.45, 2.75) is 38.3 Å². The third-order valence-electron chi connectivity index (χ3n) is 3.67. The maximum atomic E-state index is 6.19. The van der Waals surface area contributed by atoms with Crippen molar-refractivity contribution in [1.29, 1.82) is 0 Å². The Morgan fingerprint density at radius 2 is 2.18 bits per heavy atom. The lowest BCUT2D eigenvalue weighted by Gasteiger charge is -2.40. The normalized spacial score (nSPS) is 17.8. The fourth-order valence-corrected chi connectivity index (χ4v) is 2.55. The minimum atomic E-state index is 0.0805. The van der Waals surface area contributed by atoms with E-state index in [2.05, 4.69) is 24.4 Å². The largest absolute Gasteiger partial charge is 0.377 e. The maximum Gasteiger partial charge on any atom is 0.0802 e. The first kappa shape index (κ1) is 12.9. The van der Waals surface area contributed by atoms with E-state index in [1.54, 1.807) is 7.11 Å². The highest BCUT2D eigenvalue weighted by Crippen LogP contribution is 2.34. The van der Waals surface area contributed by atoms with E-state index in [-0.39, 0.29) is 5.60 Å². The van der Waals surface area contributed by atoms with Crippen molar-refractivity contribution in [3.05, 3.63) is 34.3 Å². The zero-order valence-electron chi connectivity index (χ0n) is 10.6. The van der Waals surface area contributed by atoms with Gasteiger partial charge in [-0.15, -0.1) is 0 Å². The number of ether oxygens (including phenoxy) is 1. The van der Waals surface area contributed by atoms with Crippen LogP contribution in [0.5, 0.6) is 0 Å². The average molecular weight is 254 g/mol. The molecule has 0 aromatic heterocycles. The highest BCUT2D eigenvalue weighted by Gasteiger charge is 2.36. The predicted octanol–water partition coefficient (Wildman–Crippen LogP) is 3.31. The number of halogens is 1. The first-order valence-electron chi connectivity index (χ1n) is 6.16. The van der Waals surface area contributed by atoms with E-state index >= 15 is 0 Å². The molecular formula is C14H20ClNO. The average Bonchev–Trinajstić information content (AvgIpc) is 2.25. The molecule has 0 bridgehead atoms. The molecule has 0 spiro atoms. The van der Waals surface area contributed by atoms with Gasteiger partial charge in [0, 0.05) is 25.2 Å². The van der Waals surface area contributed by atoms with Crippen LogP contribution in [-0.2, 0) is 11.3 Å². The molecule has 0 radical (unpaired) electrons. The van der Waals surface area contributed by atoms with Gasteiger partial charge in [0.15, 0.2) is 0 Å². The number of methoxy groups -OCH3 is 1. The molecule has 0 amide bonds. The molecule has 3 heteroatoms. The third kappa shape index (κ3) is 3.01. The smallest absolute Gasteiger partial charge is 0.0802 e. The third-order valence-corrected chi connectivity index (χ3v) is 4.02. The minimum Gasteiger partial charge on any atom is -0.377 e. The Hall–Kier alpha value is -0.570. The van der Waals surface area contributed by atoms with Crippen LogP contribution in [-0.4, -0.2) is 19.3 Å². The highest BCUT2D eigenvalue weighted by atomic mass is 35.5. The summed E-state index contributed by atoms with van der Waals surface area (Å²) in [4.78, 5) is 0. The SMILES string of the molecule is COC1(CNCc2ccc(C)cc2Cl)CCC1. The van der Waals surface area contributed by atoms with Crippen LogP contribution in [0.15, 0.2) is 18.2 Å². The van der Waals surface area contributed by atoms with Gasteiger partial charge in [-0.1, -0.05) is 23.7 Å². The van der Waals surface area contributed by atoms with E-state index in [4.69, 9.17) is 16.3 Å². The number of hydrogen-bond donors (Lipinski definition) is 1. The second-order valence-electron chi connectivity index (χ2n) is 4.94. The summed E-state index contributed by atoms with van der Waals surface area (Å²) in [6.45, 7) is 3.77. The van der Waals surface area contributed by atoms with Crippen LogP contribution in [0.1, 0.15) is 30.4 Å². The Morgan fingerprint density at radius 1 is 1.41 bits per heavy atom. The second-order valence-corrected chi connectivity index (χ2v) is 5.35. The molecule has 1 fully saturated rings. The predicted molar refractivity (Wildman–Crippen MR) is 71.5 cm³/mol. The Bertz CT molecular complexity index is 382. The molecule has 94 valence electrons. The second kappa shape index (κ2) is 5.38. The minimum absolute atomic E-state index is 0.0805. The van der Waals surface area contributed by atoms with Crippen LogP contribution in [0, 0.1) is 6.92 Å². The Balaban J connectivity index is 1.85. The van der Waals surface area contributed by atoms with Gasteiger partial charge >= 0.3 is 0 Å². The molecule has 0 saturated heterocycles. The summed E-state index contributed by atoms with van der Waals surface area (Å²) < 4.78 is 5.57. The Morgan fingerprint density at radius 3 is 2.71 bits per heavy atom. The summed E-state index contributed by atoms with van der Waals surface area (Å²) in [6, 6.07) is 6.19. The topological polar surface area (TPSA) is 21.3 Å². The fraction of sp³-hybridized carbons (Fsp3) is 0.571. The standard InChI is InChI=1S/C14H20ClNO/c1-11-4-5-12(13(15)8-11)9-16-10-14(17-2)6-3-7-14/h4-5,8,16H,3,6-7,9-10H2,1-2H3. The lowest BCUT2D eigenvalue weighted by molar-refractivity contribution is -0.0695. The summed E-state index contributed by atoms with van der Waals surface area (Å²) >= 11 is 6.19. The monoisotopic (exact) mass is 253 g/mol. The molecule has 1 aromatic carbocycles. The van der Waals surface area contributed by atoms with Crippen molar-refractivity contribution in [1.82, 2.24) is 5.32 Å². The van der Waals surface area contributed by atoms with Gasteiger partial charge in [0.1, 0.15) is 0 Å². The quantitative estimate of drug-likeness (QED) is 0.869. The van der Waals surface area contributed by atoms with Gasteiger partial charge < -0.3 is 10.1 Å². The number of rotatable bonds is 5. The molecule has 1 aromatic rings. The van der Waals surface area contributed by atoms with Crippen molar-refractivity contribution >= 4 is 11.6 Å². The molecule has 2 rings (SSSR count). The maximum absolute atomic E-state index is 6.19. The fourth-order valence-electron chi connectivity index (χ4n) is 2.24. The molecule has 0 atom stereocenters. The van der Waals surface area contributed by atoms with Gasteiger partial charge in [-0.3, -0.25) is 0 Å². The molecule has 0 unspecified atom stereocenters. The molecule has 17 heavy (non-hydrogen) atoms. The Labute approximate surface area is 108 Å². The van der Waals surface area contributed by atoms with Crippen LogP contribution < -0.4 is 5.32 Å². The van der Waals surface area contributed by atoms with Gasteiger partial charge in [0.2, 0.25) is 0 Å². The first-order chi connectivity index (χ1) is 8.15. The number of aryl methyl sites for hydroxylation is 1. The molecule has 2 nitrogen and oxygen atoms in total. The summed E-state index contributed by atoms with van der Waals surface area (Å²) in [5.74, 6) is 0. The molecule has 0 aliphatic heterocycles. The van der Waals surface area contributed by atoms with Crippen LogP contribution in [0.2, 0.25) is 5.02 Å². The summed E-state index contributed by atoms with van der Waals surface area (Å²) in [6.07, 6.45) is 3.61. The van der Waals surface area contributed by atoms with Crippen LogP contribution in [0.25, 0.3) is 0 Å². The molecule has 1 aliphatic rings. The van der Waals surface area contributed by atoms with Crippen molar-refractivity contribution in [3.63, 3.8) is 0 Å². The van der Waals surface area contributed by atoms with Gasteiger partial charge in [-0.05, 0) is 43.4 Å². The van der Waals surface area contributed by atoms with Crippen LogP contribution in [0.3, 0.4) is 0 Å². The van der Waals surface area contributed by atoms with Crippen LogP contribution >= 0.6 is 11.6 Å². The number of benzene rings is 1. The summed E-state index contributed by atoms with van der Waals surface area (Å²) in [5.41, 5.74) is 2.44. The van der Waals surface area contributed by atoms with Gasteiger partial charge in [-0.25, -0.2) is 0 Å². The van der Waals surface area contributed by atoms with E-state index in [0.717, 1.165) is 36.5 Å². The van der Waals surface area contributed by atoms with Gasteiger partial charge in [0.25, 0.3) is 0 Å². The van der Waals surface area contributed by atoms with E-state index in [1.165, 1.54) is 12.0 Å². The zero-order valence-corrected chi connectivity index (χ0v) is 11.3. The van der Waals surface area contributed by atoms with E-state index < -0.39 is 0 Å². The highest BCUT2D eigenvalue weighted by molar-refractivity contribution is 6.31. The molecule has 0 heterocycles. The van der Waals surface area contributed by atoms with Gasteiger partial charge in [-0.2, -0.15) is 0 Å². The number of hydrogen-bond acceptors (Lipinski definition) is 2. The summed E-state index contributed by atoms with van der Waals surface area (Å²) in [7, 11) is 1.81. The zero-order chi connectivity index (χ0) is 12.3. The summed E-state index contributed by atoms with van der Waals surface area (Å²) in [5, 5.41) is 4.29. The van der Waals surface area contributed by atoms with Gasteiger partial charge in [0.05, 0.1) is 5.60 Å². The molecule has 1 N–H and O–H groups in total. The van der Waals surface area contributed by atoms with Crippen molar-refractivity contribution < 1.29 is 4.74 Å². The molecular weight excluding hydrogens is 234 g/mol. The molecule has 1 saturated carbocycles. The van der Waals surface area contributed by atoms with Crippen molar-refractivity contribution in [3.8, 4) is 0 Å². The van der Waals surface area contributed by atoms with Crippen LogP contribution in [0.4, 0.5) is 0 Å². The van der Waals surface area contributed by atoms with Crippen molar-refractivity contribution in [2.75, 3.05) is 13.7 Å². The van der Waals surface area contributed by atoms with E-state index in [9.17, 15) is 0 Å². The van der Waals surface area contributed by atoms with E-state index in [0.29, 0.717) is 0 Å². The lowest BCUT2D eigenvalue weighted by Crippen LogP contribution is -2.47. The van der Waals surface area contributed by atoms with Crippen molar-refractivity contribution in [2.24, 2.45) is 0 Å². The first-order valence-corrected chi connectivity index (χ1v) is 6.54. The van der Waals surface area contributed by atoms with E-state index in [1.807, 2.05) is 6.07 Å². The Kier molecular flexibility index (Phi) is 4.08. The number of nitrogens with one attached hydrogen (secondary N) is 1.